The van der Waals surface area contributed by atoms with E-state index in [0.29, 0.717) is 24.8 Å². The molecule has 0 radical (unpaired) electrons. The molecule has 0 aliphatic carbocycles. The van der Waals surface area contributed by atoms with E-state index >= 15 is 0 Å². The van der Waals surface area contributed by atoms with E-state index in [9.17, 15) is 4.39 Å². The van der Waals surface area contributed by atoms with Gasteiger partial charge in [-0.2, -0.15) is 0 Å². The zero-order valence-corrected chi connectivity index (χ0v) is 12.1. The van der Waals surface area contributed by atoms with Crippen molar-refractivity contribution in [3.63, 3.8) is 0 Å². The van der Waals surface area contributed by atoms with Crippen LogP contribution in [0, 0.1) is 11.7 Å². The third-order valence-corrected chi connectivity index (χ3v) is 2.76. The van der Waals surface area contributed by atoms with Crippen molar-refractivity contribution in [3.05, 3.63) is 41.7 Å². The monoisotopic (exact) mass is 265 g/mol. The highest BCUT2D eigenvalue weighted by atomic mass is 19.1. The first-order chi connectivity index (χ1) is 9.01. The van der Waals surface area contributed by atoms with Gasteiger partial charge in [0.1, 0.15) is 18.2 Å². The van der Waals surface area contributed by atoms with Crippen LogP contribution >= 0.6 is 0 Å². The summed E-state index contributed by atoms with van der Waals surface area (Å²) in [6.07, 6.45) is 0.873. The van der Waals surface area contributed by atoms with Gasteiger partial charge in [0.05, 0.1) is 0 Å². The second-order valence-electron chi connectivity index (χ2n) is 5.21. The van der Waals surface area contributed by atoms with Crippen molar-refractivity contribution in [2.24, 2.45) is 5.92 Å². The van der Waals surface area contributed by atoms with E-state index < -0.39 is 0 Å². The van der Waals surface area contributed by atoms with Crippen LogP contribution in [-0.4, -0.2) is 13.2 Å². The van der Waals surface area contributed by atoms with Gasteiger partial charge in [0, 0.05) is 12.6 Å². The van der Waals surface area contributed by atoms with Gasteiger partial charge in [-0.15, -0.1) is 0 Å². The fourth-order valence-electron chi connectivity index (χ4n) is 1.60. The molecule has 0 unspecified atom stereocenters. The summed E-state index contributed by atoms with van der Waals surface area (Å²) in [5.74, 6) is 0.883. The lowest BCUT2D eigenvalue weighted by atomic mass is 10.2. The third kappa shape index (κ3) is 6.39. The Hall–Kier alpha value is -1.35. The number of rotatable bonds is 8. The van der Waals surface area contributed by atoms with Crippen molar-refractivity contribution in [3.8, 4) is 5.75 Å². The largest absolute Gasteiger partial charge is 0.489 e. The van der Waals surface area contributed by atoms with Crippen LogP contribution in [0.3, 0.4) is 0 Å². The lowest BCUT2D eigenvalue weighted by molar-refractivity contribution is 0.346. The maximum Gasteiger partial charge on any atom is 0.127 e. The molecular weight excluding hydrogens is 241 g/mol. The van der Waals surface area contributed by atoms with Crippen LogP contribution in [0.25, 0.3) is 0 Å². The zero-order chi connectivity index (χ0) is 14.3. The molecule has 0 atom stereocenters. The predicted molar refractivity (Wildman–Crippen MR) is 77.9 cm³/mol. The van der Waals surface area contributed by atoms with Crippen molar-refractivity contribution in [1.29, 1.82) is 0 Å². The average Bonchev–Trinajstić information content (AvgIpc) is 2.35. The van der Waals surface area contributed by atoms with Gasteiger partial charge < -0.3 is 10.1 Å². The standard InChI is InChI=1S/C16H24FNO/c1-5-13(4)11-19-16-7-14(6-15(17)8-16)10-18-9-12(2)3/h6-8,12,18H,4-5,9-11H2,1-3H3. The number of hydrogen-bond donors (Lipinski definition) is 1. The maximum atomic E-state index is 13.5. The topological polar surface area (TPSA) is 21.3 Å². The molecule has 0 aliphatic rings. The summed E-state index contributed by atoms with van der Waals surface area (Å²) in [7, 11) is 0. The molecule has 2 nitrogen and oxygen atoms in total. The Morgan fingerprint density at radius 3 is 2.74 bits per heavy atom. The van der Waals surface area contributed by atoms with E-state index in [1.54, 1.807) is 0 Å². The Kier molecular flexibility index (Phi) is 6.57. The van der Waals surface area contributed by atoms with Crippen LogP contribution in [0.4, 0.5) is 4.39 Å². The van der Waals surface area contributed by atoms with Gasteiger partial charge in [0.2, 0.25) is 0 Å². The lowest BCUT2D eigenvalue weighted by Crippen LogP contribution is -2.19. The van der Waals surface area contributed by atoms with Gasteiger partial charge in [-0.25, -0.2) is 4.39 Å². The Balaban J connectivity index is 2.58. The molecule has 106 valence electrons. The molecule has 1 rings (SSSR count). The first kappa shape index (κ1) is 15.7. The normalized spacial score (nSPS) is 10.8. The SMILES string of the molecule is C=C(CC)COc1cc(F)cc(CNCC(C)C)c1. The lowest BCUT2D eigenvalue weighted by Gasteiger charge is -2.11. The van der Waals surface area contributed by atoms with E-state index in [1.165, 1.54) is 12.1 Å². The highest BCUT2D eigenvalue weighted by molar-refractivity contribution is 5.30. The molecule has 0 spiro atoms. The van der Waals surface area contributed by atoms with Crippen LogP contribution in [0.1, 0.15) is 32.8 Å². The number of hydrogen-bond acceptors (Lipinski definition) is 2. The number of nitrogens with one attached hydrogen (secondary N) is 1. The van der Waals surface area contributed by atoms with Gasteiger partial charge in [-0.1, -0.05) is 27.4 Å². The number of benzene rings is 1. The molecule has 0 fully saturated rings. The average molecular weight is 265 g/mol. The van der Waals surface area contributed by atoms with Crippen LogP contribution in [0.15, 0.2) is 30.4 Å². The molecule has 0 aromatic heterocycles. The minimum absolute atomic E-state index is 0.263. The second-order valence-corrected chi connectivity index (χ2v) is 5.21. The summed E-state index contributed by atoms with van der Waals surface area (Å²) in [5, 5.41) is 3.29. The van der Waals surface area contributed by atoms with Gasteiger partial charge >= 0.3 is 0 Å². The summed E-state index contributed by atoms with van der Waals surface area (Å²) in [6, 6.07) is 4.82. The molecule has 1 N–H and O–H groups in total. The highest BCUT2D eigenvalue weighted by Gasteiger charge is 2.03. The molecule has 3 heteroatoms. The van der Waals surface area contributed by atoms with Gasteiger partial charge in [-0.3, -0.25) is 0 Å². The Labute approximate surface area is 115 Å². The summed E-state index contributed by atoms with van der Waals surface area (Å²) in [6.45, 7) is 12.2. The second kappa shape index (κ2) is 7.95. The maximum absolute atomic E-state index is 13.5. The van der Waals surface area contributed by atoms with Crippen LogP contribution in [-0.2, 0) is 6.54 Å². The third-order valence-electron chi connectivity index (χ3n) is 2.76. The van der Waals surface area contributed by atoms with E-state index in [0.717, 1.165) is 24.1 Å². The molecule has 1 aromatic rings. The van der Waals surface area contributed by atoms with Crippen LogP contribution in [0.2, 0.25) is 0 Å². The fraction of sp³-hybridized carbons (Fsp3) is 0.500. The van der Waals surface area contributed by atoms with Crippen molar-refractivity contribution >= 4 is 0 Å². The van der Waals surface area contributed by atoms with Crippen molar-refractivity contribution in [1.82, 2.24) is 5.32 Å². The van der Waals surface area contributed by atoms with E-state index in [-0.39, 0.29) is 5.82 Å². The molecular formula is C16H24FNO. The van der Waals surface area contributed by atoms with E-state index in [1.807, 2.05) is 13.0 Å². The van der Waals surface area contributed by atoms with E-state index in [2.05, 4.69) is 25.7 Å². The van der Waals surface area contributed by atoms with Crippen molar-refractivity contribution in [2.75, 3.05) is 13.2 Å². The Morgan fingerprint density at radius 1 is 1.37 bits per heavy atom. The predicted octanol–water partition coefficient (Wildman–Crippen LogP) is 3.92. The smallest absolute Gasteiger partial charge is 0.127 e. The number of ether oxygens (including phenoxy) is 1. The molecule has 0 saturated heterocycles. The van der Waals surface area contributed by atoms with Crippen LogP contribution in [0.5, 0.6) is 5.75 Å². The molecule has 0 bridgehead atoms. The minimum atomic E-state index is -0.263. The summed E-state index contributed by atoms with van der Waals surface area (Å²) < 4.78 is 19.0. The van der Waals surface area contributed by atoms with E-state index in [4.69, 9.17) is 4.74 Å². The van der Waals surface area contributed by atoms with Gasteiger partial charge in [0.25, 0.3) is 0 Å². The molecule has 0 amide bonds. The molecule has 19 heavy (non-hydrogen) atoms. The van der Waals surface area contributed by atoms with Crippen LogP contribution < -0.4 is 10.1 Å². The van der Waals surface area contributed by atoms with Gasteiger partial charge in [0.15, 0.2) is 0 Å². The molecule has 0 saturated carbocycles. The van der Waals surface area contributed by atoms with Crippen molar-refractivity contribution in [2.45, 2.75) is 33.7 Å². The molecule has 0 aliphatic heterocycles. The summed E-state index contributed by atoms with van der Waals surface area (Å²) >= 11 is 0. The first-order valence-electron chi connectivity index (χ1n) is 6.81. The summed E-state index contributed by atoms with van der Waals surface area (Å²) in [4.78, 5) is 0. The zero-order valence-electron chi connectivity index (χ0n) is 12.1. The quantitative estimate of drug-likeness (QED) is 0.719. The number of halogens is 1. The Morgan fingerprint density at radius 2 is 2.11 bits per heavy atom. The highest BCUT2D eigenvalue weighted by Crippen LogP contribution is 2.17. The fourth-order valence-corrected chi connectivity index (χ4v) is 1.60. The van der Waals surface area contributed by atoms with Crippen molar-refractivity contribution < 1.29 is 9.13 Å². The molecule has 1 aromatic carbocycles. The Bertz CT molecular complexity index is 415. The minimum Gasteiger partial charge on any atom is -0.489 e. The van der Waals surface area contributed by atoms with Gasteiger partial charge in [-0.05, 0) is 42.2 Å². The first-order valence-corrected chi connectivity index (χ1v) is 6.81. The summed E-state index contributed by atoms with van der Waals surface area (Å²) in [5.41, 5.74) is 1.90. The molecule has 0 heterocycles.